The number of carbonyl (C=O) groups is 2. The molecule has 0 fully saturated rings. The Balaban J connectivity index is 1.56. The summed E-state index contributed by atoms with van der Waals surface area (Å²) in [5.74, 6) is -0.471. The number of rotatable bonds is 6. The first kappa shape index (κ1) is 19.8. The molecule has 9 heteroatoms. The van der Waals surface area contributed by atoms with Crippen molar-refractivity contribution in [3.63, 3.8) is 0 Å². The molecule has 4 heterocycles. The van der Waals surface area contributed by atoms with Gasteiger partial charge >= 0.3 is 5.97 Å². The van der Waals surface area contributed by atoms with Crippen molar-refractivity contribution in [3.05, 3.63) is 57.3 Å². The van der Waals surface area contributed by atoms with Crippen molar-refractivity contribution in [1.82, 2.24) is 15.5 Å². The van der Waals surface area contributed by atoms with Crippen LogP contribution in [-0.4, -0.2) is 28.6 Å². The Bertz CT molecular complexity index is 1220. The van der Waals surface area contributed by atoms with Crippen LogP contribution in [0.25, 0.3) is 22.4 Å². The van der Waals surface area contributed by atoms with Crippen LogP contribution < -0.4 is 5.32 Å². The first-order valence-electron chi connectivity index (χ1n) is 9.23. The van der Waals surface area contributed by atoms with Gasteiger partial charge in [-0.1, -0.05) is 5.16 Å². The molecule has 1 amide bonds. The van der Waals surface area contributed by atoms with E-state index in [0.29, 0.717) is 22.5 Å². The number of nitrogens with zero attached hydrogens (tertiary/aromatic N) is 2. The van der Waals surface area contributed by atoms with Crippen LogP contribution in [-0.2, 0) is 16.1 Å². The van der Waals surface area contributed by atoms with Gasteiger partial charge in [-0.2, -0.15) is 0 Å². The van der Waals surface area contributed by atoms with Crippen LogP contribution in [0.2, 0.25) is 0 Å². The van der Waals surface area contributed by atoms with E-state index in [2.05, 4.69) is 15.5 Å². The van der Waals surface area contributed by atoms with Gasteiger partial charge in [-0.15, -0.1) is 11.3 Å². The van der Waals surface area contributed by atoms with E-state index >= 15 is 0 Å². The number of nitrogens with one attached hydrogen (secondary N) is 1. The van der Waals surface area contributed by atoms with Gasteiger partial charge in [0.2, 0.25) is 0 Å². The minimum Gasteiger partial charge on any atom is -0.467 e. The van der Waals surface area contributed by atoms with E-state index in [-0.39, 0.29) is 17.8 Å². The highest BCUT2D eigenvalue weighted by Gasteiger charge is 2.22. The number of amides is 1. The van der Waals surface area contributed by atoms with Crippen LogP contribution in [0.5, 0.6) is 0 Å². The van der Waals surface area contributed by atoms with Gasteiger partial charge in [0.25, 0.3) is 11.6 Å². The van der Waals surface area contributed by atoms with E-state index in [1.165, 1.54) is 6.26 Å². The van der Waals surface area contributed by atoms with Crippen molar-refractivity contribution in [2.24, 2.45) is 0 Å². The third-order valence-corrected chi connectivity index (χ3v) is 5.49. The van der Waals surface area contributed by atoms with E-state index in [0.717, 1.165) is 15.3 Å². The maximum absolute atomic E-state index is 12.8. The third-order valence-electron chi connectivity index (χ3n) is 4.53. The van der Waals surface area contributed by atoms with Gasteiger partial charge in [-0.25, -0.2) is 9.78 Å². The van der Waals surface area contributed by atoms with E-state index in [4.69, 9.17) is 13.7 Å². The molecule has 0 aliphatic rings. The number of hydrogen-bond donors (Lipinski definition) is 1. The monoisotopic (exact) mass is 425 g/mol. The van der Waals surface area contributed by atoms with Gasteiger partial charge < -0.3 is 19.0 Å². The van der Waals surface area contributed by atoms with Gasteiger partial charge in [-0.3, -0.25) is 4.79 Å². The number of ether oxygens (including phenoxy) is 1. The van der Waals surface area contributed by atoms with E-state index < -0.39 is 18.5 Å². The second-order valence-corrected chi connectivity index (χ2v) is 8.22. The summed E-state index contributed by atoms with van der Waals surface area (Å²) in [4.78, 5) is 31.6. The summed E-state index contributed by atoms with van der Waals surface area (Å²) in [6, 6.07) is 7.13. The number of hydrogen-bond acceptors (Lipinski definition) is 8. The molecular weight excluding hydrogens is 406 g/mol. The summed E-state index contributed by atoms with van der Waals surface area (Å²) < 4.78 is 15.7. The average Bonchev–Trinajstić information content (AvgIpc) is 3.45. The highest BCUT2D eigenvalue weighted by atomic mass is 32.1. The zero-order valence-electron chi connectivity index (χ0n) is 16.6. The number of aryl methyl sites for hydroxylation is 3. The molecule has 0 atom stereocenters. The highest BCUT2D eigenvalue weighted by molar-refractivity contribution is 7.12. The Labute approximate surface area is 175 Å². The minimum atomic E-state index is -0.646. The molecule has 0 bridgehead atoms. The molecule has 4 aromatic heterocycles. The number of pyridine rings is 1. The van der Waals surface area contributed by atoms with E-state index in [9.17, 15) is 9.59 Å². The Hall–Kier alpha value is -3.46. The van der Waals surface area contributed by atoms with Gasteiger partial charge in [0.1, 0.15) is 5.76 Å². The summed E-state index contributed by atoms with van der Waals surface area (Å²) in [6.45, 7) is 5.52. The largest absolute Gasteiger partial charge is 0.467 e. The van der Waals surface area contributed by atoms with Gasteiger partial charge in [0.15, 0.2) is 6.61 Å². The number of aromatic nitrogens is 2. The predicted molar refractivity (Wildman–Crippen MR) is 110 cm³/mol. The SMILES string of the molecule is Cc1cc(-c2cc(C(=O)OCC(=O)NCc3ccco3)c3c(C)noc3n2)c(C)s1. The normalized spacial score (nSPS) is 11.0. The van der Waals surface area contributed by atoms with Gasteiger partial charge in [0.05, 0.1) is 35.1 Å². The fourth-order valence-electron chi connectivity index (χ4n) is 3.14. The molecule has 0 saturated carbocycles. The second kappa shape index (κ2) is 8.11. The smallest absolute Gasteiger partial charge is 0.339 e. The predicted octanol–water partition coefficient (Wildman–Crippen LogP) is 3.94. The van der Waals surface area contributed by atoms with Crippen LogP contribution >= 0.6 is 11.3 Å². The van der Waals surface area contributed by atoms with Crippen molar-refractivity contribution in [1.29, 1.82) is 0 Å². The average molecular weight is 425 g/mol. The molecule has 0 aliphatic heterocycles. The number of thiophene rings is 1. The lowest BCUT2D eigenvalue weighted by molar-refractivity contribution is -0.124. The molecule has 0 aliphatic carbocycles. The first-order chi connectivity index (χ1) is 14.4. The topological polar surface area (TPSA) is 107 Å². The molecule has 1 N–H and O–H groups in total. The van der Waals surface area contributed by atoms with Crippen LogP contribution in [0.1, 0.15) is 31.6 Å². The Kier molecular flexibility index (Phi) is 5.37. The van der Waals surface area contributed by atoms with Gasteiger partial charge in [-0.05, 0) is 45.0 Å². The fourth-order valence-corrected chi connectivity index (χ4v) is 4.07. The summed E-state index contributed by atoms with van der Waals surface area (Å²) >= 11 is 1.64. The van der Waals surface area contributed by atoms with E-state index in [1.807, 2.05) is 19.9 Å². The lowest BCUT2D eigenvalue weighted by atomic mass is 10.1. The highest BCUT2D eigenvalue weighted by Crippen LogP contribution is 2.33. The molecule has 0 unspecified atom stereocenters. The molecule has 0 spiro atoms. The van der Waals surface area contributed by atoms with Gasteiger partial charge in [0, 0.05) is 15.3 Å². The molecule has 8 nitrogen and oxygen atoms in total. The van der Waals surface area contributed by atoms with Crippen molar-refractivity contribution < 1.29 is 23.3 Å². The van der Waals surface area contributed by atoms with Crippen LogP contribution in [0.15, 0.2) is 39.5 Å². The minimum absolute atomic E-state index is 0.217. The Morgan fingerprint density at radius 3 is 2.77 bits per heavy atom. The first-order valence-corrected chi connectivity index (χ1v) is 10.0. The molecule has 4 rings (SSSR count). The lowest BCUT2D eigenvalue weighted by Gasteiger charge is -2.08. The van der Waals surface area contributed by atoms with Crippen LogP contribution in [0.4, 0.5) is 0 Å². The molecule has 30 heavy (non-hydrogen) atoms. The maximum atomic E-state index is 12.8. The zero-order chi connectivity index (χ0) is 21.3. The quantitative estimate of drug-likeness (QED) is 0.466. The van der Waals surface area contributed by atoms with Crippen LogP contribution in [0, 0.1) is 20.8 Å². The van der Waals surface area contributed by atoms with Crippen molar-refractivity contribution in [2.75, 3.05) is 6.61 Å². The summed E-state index contributed by atoms with van der Waals surface area (Å²) in [6.07, 6.45) is 1.52. The lowest BCUT2D eigenvalue weighted by Crippen LogP contribution is -2.28. The summed E-state index contributed by atoms with van der Waals surface area (Å²) in [5, 5.41) is 7.03. The summed E-state index contributed by atoms with van der Waals surface area (Å²) in [7, 11) is 0. The molecule has 154 valence electrons. The standard InChI is InChI=1S/C21H19N3O5S/c1-11-7-15(13(3)30-11)17-8-16(19-12(2)24-29-20(19)23-17)21(26)28-10-18(25)22-9-14-5-4-6-27-14/h4-8H,9-10H2,1-3H3,(H,22,25). The van der Waals surface area contributed by atoms with Crippen molar-refractivity contribution in [3.8, 4) is 11.3 Å². The van der Waals surface area contributed by atoms with Crippen molar-refractivity contribution >= 4 is 34.3 Å². The third kappa shape index (κ3) is 3.97. The Morgan fingerprint density at radius 1 is 1.23 bits per heavy atom. The number of carbonyl (C=O) groups excluding carboxylic acids is 2. The van der Waals surface area contributed by atoms with E-state index in [1.54, 1.807) is 36.5 Å². The Morgan fingerprint density at radius 2 is 2.07 bits per heavy atom. The summed E-state index contributed by atoms with van der Waals surface area (Å²) in [5.41, 5.74) is 2.54. The molecule has 0 radical (unpaired) electrons. The second-order valence-electron chi connectivity index (χ2n) is 6.76. The fraction of sp³-hybridized carbons (Fsp3) is 0.238. The molecule has 4 aromatic rings. The number of furan rings is 1. The maximum Gasteiger partial charge on any atom is 0.339 e. The number of esters is 1. The van der Waals surface area contributed by atoms with Crippen LogP contribution in [0.3, 0.4) is 0 Å². The number of fused-ring (bicyclic) bond motifs is 1. The molecule has 0 saturated heterocycles. The van der Waals surface area contributed by atoms with Crippen molar-refractivity contribution in [2.45, 2.75) is 27.3 Å². The molecule has 0 aromatic carbocycles. The molecular formula is C21H19N3O5S. The zero-order valence-corrected chi connectivity index (χ0v) is 17.5.